The van der Waals surface area contributed by atoms with Gasteiger partial charge in [0.2, 0.25) is 5.91 Å². The molecule has 0 radical (unpaired) electrons. The van der Waals surface area contributed by atoms with Crippen molar-refractivity contribution in [2.24, 2.45) is 11.8 Å². The van der Waals surface area contributed by atoms with Gasteiger partial charge in [-0.15, -0.1) is 0 Å². The first kappa shape index (κ1) is 19.5. The van der Waals surface area contributed by atoms with Gasteiger partial charge < -0.3 is 10.0 Å². The number of nitrogens with two attached hydrogens (primary N) is 1. The fourth-order valence-electron chi connectivity index (χ4n) is 3.73. The number of amides is 1. The van der Waals surface area contributed by atoms with Crippen LogP contribution in [0.25, 0.3) is 0 Å². The van der Waals surface area contributed by atoms with E-state index in [0.717, 1.165) is 37.4 Å². The summed E-state index contributed by atoms with van der Waals surface area (Å²) >= 11 is 0. The lowest BCUT2D eigenvalue weighted by Crippen LogP contribution is -2.43. The predicted octanol–water partition coefficient (Wildman–Crippen LogP) is 2.40. The van der Waals surface area contributed by atoms with E-state index >= 15 is 0 Å². The highest BCUT2D eigenvalue weighted by Crippen LogP contribution is 2.22. The summed E-state index contributed by atoms with van der Waals surface area (Å²) in [5, 5.41) is 11.2. The second kappa shape index (κ2) is 9.13. The van der Waals surface area contributed by atoms with Gasteiger partial charge in [-0.3, -0.25) is 4.79 Å². The summed E-state index contributed by atoms with van der Waals surface area (Å²) in [6.07, 6.45) is 7.99. The summed E-state index contributed by atoms with van der Waals surface area (Å²) in [4.78, 5) is 14.7. The van der Waals surface area contributed by atoms with Crippen molar-refractivity contribution in [3.05, 3.63) is 72.0 Å². The first-order chi connectivity index (χ1) is 13.0. The summed E-state index contributed by atoms with van der Waals surface area (Å²) in [7, 11) is 0. The number of rotatable bonds is 6. The van der Waals surface area contributed by atoms with E-state index in [2.05, 4.69) is 41.8 Å². The highest BCUT2D eigenvalue weighted by atomic mass is 16.3. The van der Waals surface area contributed by atoms with Gasteiger partial charge in [0.1, 0.15) is 6.10 Å². The van der Waals surface area contributed by atoms with E-state index in [1.807, 2.05) is 0 Å². The summed E-state index contributed by atoms with van der Waals surface area (Å²) in [6, 6.07) is 10.6. The molecule has 1 saturated heterocycles. The van der Waals surface area contributed by atoms with E-state index in [1.165, 1.54) is 5.56 Å². The number of benzene rings is 1. The second-order valence-electron chi connectivity index (χ2n) is 7.42. The van der Waals surface area contributed by atoms with E-state index in [4.69, 9.17) is 5.84 Å². The smallest absolute Gasteiger partial charge is 0.242 e. The molecule has 5 nitrogen and oxygen atoms in total. The summed E-state index contributed by atoms with van der Waals surface area (Å²) in [5.74, 6) is 6.46. The van der Waals surface area contributed by atoms with Crippen LogP contribution in [0.15, 0.2) is 66.4 Å². The van der Waals surface area contributed by atoms with E-state index < -0.39 is 6.10 Å². The molecular formula is C22H29N3O2. The minimum absolute atomic E-state index is 0.185. The van der Waals surface area contributed by atoms with Gasteiger partial charge in [-0.05, 0) is 55.5 Å². The van der Waals surface area contributed by atoms with Crippen LogP contribution in [-0.2, 0) is 11.2 Å². The molecule has 2 aliphatic rings. The lowest BCUT2D eigenvalue weighted by molar-refractivity contribution is -0.130. The molecule has 3 N–H and O–H groups in total. The van der Waals surface area contributed by atoms with Crippen molar-refractivity contribution < 1.29 is 9.90 Å². The van der Waals surface area contributed by atoms with Gasteiger partial charge in [-0.25, -0.2) is 10.9 Å². The number of piperidine rings is 1. The summed E-state index contributed by atoms with van der Waals surface area (Å²) in [6.45, 7) is 6.49. The van der Waals surface area contributed by atoms with Gasteiger partial charge >= 0.3 is 0 Å². The minimum Gasteiger partial charge on any atom is -0.382 e. The third-order valence-electron chi connectivity index (χ3n) is 5.47. The zero-order chi connectivity index (χ0) is 19.2. The highest BCUT2D eigenvalue weighted by molar-refractivity contribution is 5.78. The van der Waals surface area contributed by atoms with Crippen molar-refractivity contribution in [1.82, 2.24) is 9.91 Å². The van der Waals surface area contributed by atoms with Crippen molar-refractivity contribution in [3.63, 3.8) is 0 Å². The van der Waals surface area contributed by atoms with Crippen LogP contribution in [0, 0.1) is 5.92 Å². The van der Waals surface area contributed by atoms with Crippen LogP contribution in [-0.4, -0.2) is 46.7 Å². The molecule has 0 bridgehead atoms. The number of aliphatic hydroxyl groups is 1. The summed E-state index contributed by atoms with van der Waals surface area (Å²) in [5.41, 5.74) is 2.32. The number of aliphatic hydroxyl groups excluding tert-OH is 1. The number of carbonyl (C=O) groups is 1. The maximum atomic E-state index is 12.4. The van der Waals surface area contributed by atoms with E-state index in [9.17, 15) is 9.90 Å². The highest BCUT2D eigenvalue weighted by Gasteiger charge is 2.25. The number of allylic oxidation sites excluding steroid dienone is 2. The van der Waals surface area contributed by atoms with Crippen molar-refractivity contribution in [3.8, 4) is 0 Å². The molecule has 144 valence electrons. The van der Waals surface area contributed by atoms with Crippen molar-refractivity contribution >= 4 is 5.91 Å². The zero-order valence-corrected chi connectivity index (χ0v) is 15.8. The van der Waals surface area contributed by atoms with E-state index in [1.54, 1.807) is 18.2 Å². The van der Waals surface area contributed by atoms with E-state index in [-0.39, 0.29) is 5.91 Å². The van der Waals surface area contributed by atoms with Crippen LogP contribution in [0.4, 0.5) is 0 Å². The molecule has 0 aromatic heterocycles. The Morgan fingerprint density at radius 3 is 2.67 bits per heavy atom. The molecule has 1 amide bonds. The van der Waals surface area contributed by atoms with Gasteiger partial charge in [-0.1, -0.05) is 49.1 Å². The number of hydrogen-bond donors (Lipinski definition) is 2. The number of carbonyl (C=O) groups excluding carboxylic acids is 1. The zero-order valence-electron chi connectivity index (χ0n) is 15.8. The number of nitrogens with zero attached hydrogens (tertiary/aromatic N) is 2. The first-order valence-electron chi connectivity index (χ1n) is 9.63. The Labute approximate surface area is 161 Å². The number of hydrogen-bond acceptors (Lipinski definition) is 4. The van der Waals surface area contributed by atoms with Crippen LogP contribution in [0.2, 0.25) is 0 Å². The molecule has 27 heavy (non-hydrogen) atoms. The molecule has 1 fully saturated rings. The van der Waals surface area contributed by atoms with Crippen LogP contribution < -0.4 is 5.84 Å². The molecular weight excluding hydrogens is 338 g/mol. The number of hydrazine groups is 1. The quantitative estimate of drug-likeness (QED) is 0.460. The Kier molecular flexibility index (Phi) is 6.61. The monoisotopic (exact) mass is 367 g/mol. The fraction of sp³-hybridized carbons (Fsp3) is 0.409. The lowest BCUT2D eigenvalue weighted by Gasteiger charge is -2.32. The molecule has 1 aliphatic heterocycles. The Morgan fingerprint density at radius 2 is 1.96 bits per heavy atom. The van der Waals surface area contributed by atoms with Gasteiger partial charge in [-0.2, -0.15) is 0 Å². The van der Waals surface area contributed by atoms with Crippen LogP contribution in [0.3, 0.4) is 0 Å². The molecule has 1 unspecified atom stereocenters. The Morgan fingerprint density at radius 1 is 1.26 bits per heavy atom. The van der Waals surface area contributed by atoms with E-state index in [0.29, 0.717) is 30.2 Å². The van der Waals surface area contributed by atoms with Gasteiger partial charge in [0.15, 0.2) is 0 Å². The molecule has 1 atom stereocenters. The lowest BCUT2D eigenvalue weighted by atomic mass is 9.90. The number of likely N-dealkylation sites (tertiary alicyclic amines) is 1. The maximum absolute atomic E-state index is 12.4. The molecule has 0 spiro atoms. The molecule has 3 rings (SSSR count). The normalized spacial score (nSPS) is 21.2. The van der Waals surface area contributed by atoms with Crippen LogP contribution in [0.1, 0.15) is 24.8 Å². The Bertz CT molecular complexity index is 718. The Balaban J connectivity index is 1.42. The van der Waals surface area contributed by atoms with Gasteiger partial charge in [0.05, 0.1) is 5.70 Å². The summed E-state index contributed by atoms with van der Waals surface area (Å²) < 4.78 is 0. The topological polar surface area (TPSA) is 69.8 Å². The predicted molar refractivity (Wildman–Crippen MR) is 107 cm³/mol. The van der Waals surface area contributed by atoms with Gasteiger partial charge in [0.25, 0.3) is 0 Å². The van der Waals surface area contributed by atoms with Crippen molar-refractivity contribution in [1.29, 1.82) is 0 Å². The van der Waals surface area contributed by atoms with Crippen molar-refractivity contribution in [2.75, 3.05) is 19.6 Å². The molecule has 5 heteroatoms. The fourth-order valence-corrected chi connectivity index (χ4v) is 3.73. The molecule has 0 saturated carbocycles. The average molecular weight is 367 g/mol. The van der Waals surface area contributed by atoms with Crippen molar-refractivity contribution in [2.45, 2.75) is 31.8 Å². The molecule has 1 aromatic carbocycles. The molecule has 1 aliphatic carbocycles. The standard InChI is InChI=1S/C22H29N3O2/c1-17-6-5-9-20(22(17)27)25(23)21(26)12-15-24-13-10-19(11-14-24)16-18-7-3-2-4-8-18/h2-9,19,22,27H,1,10-16,23H2. The maximum Gasteiger partial charge on any atom is 0.242 e. The second-order valence-corrected chi connectivity index (χ2v) is 7.42. The molecule has 1 heterocycles. The Hall–Kier alpha value is -2.21. The third-order valence-corrected chi connectivity index (χ3v) is 5.47. The average Bonchev–Trinajstić information content (AvgIpc) is 2.69. The van der Waals surface area contributed by atoms with Gasteiger partial charge in [0, 0.05) is 13.0 Å². The minimum atomic E-state index is -0.919. The largest absolute Gasteiger partial charge is 0.382 e. The third kappa shape index (κ3) is 5.16. The molecule has 1 aromatic rings. The SMILES string of the molecule is C=C1C=CC=C(N(N)C(=O)CCN2CCC(Cc3ccccc3)CC2)C1O. The van der Waals surface area contributed by atoms with Crippen LogP contribution >= 0.6 is 0 Å². The first-order valence-corrected chi connectivity index (χ1v) is 9.63. The van der Waals surface area contributed by atoms with Crippen LogP contribution in [0.5, 0.6) is 0 Å².